The van der Waals surface area contributed by atoms with Crippen LogP contribution in [0.2, 0.25) is 0 Å². The second-order valence-corrected chi connectivity index (χ2v) is 12.0. The molecule has 6 rings (SSSR count). The maximum absolute atomic E-state index is 13.8. The molecule has 0 aliphatic carbocycles. The number of hydrogen-bond acceptors (Lipinski definition) is 8. The SMILES string of the molecule is C=CC/C=C(\C=C/CCOC[C@H]1O[C@@H](n2cnc3c(N(C)Cc4cccc(F)c4)ncnc32)[C@@H]2OC(C)(C)O[C@@H]21)c1ccccc1. The molecular weight excluding hydrogens is 585 g/mol. The van der Waals surface area contributed by atoms with Gasteiger partial charge in [0, 0.05) is 13.6 Å². The Morgan fingerprint density at radius 1 is 1.09 bits per heavy atom. The molecule has 2 saturated heterocycles. The largest absolute Gasteiger partial charge is 0.378 e. The Morgan fingerprint density at radius 2 is 1.91 bits per heavy atom. The third-order valence-electron chi connectivity index (χ3n) is 8.03. The van der Waals surface area contributed by atoms with Gasteiger partial charge in [-0.3, -0.25) is 4.57 Å². The third kappa shape index (κ3) is 7.10. The van der Waals surface area contributed by atoms with Crippen LogP contribution in [0.3, 0.4) is 0 Å². The Kier molecular flexibility index (Phi) is 9.70. The first-order chi connectivity index (χ1) is 22.3. The highest BCUT2D eigenvalue weighted by molar-refractivity contribution is 5.83. The van der Waals surface area contributed by atoms with Gasteiger partial charge in [-0.1, -0.05) is 66.8 Å². The van der Waals surface area contributed by atoms with E-state index in [0.29, 0.717) is 36.7 Å². The highest BCUT2D eigenvalue weighted by atomic mass is 19.1. The summed E-state index contributed by atoms with van der Waals surface area (Å²) < 4.78 is 40.9. The van der Waals surface area contributed by atoms with Gasteiger partial charge in [0.05, 0.1) is 19.5 Å². The molecule has 0 spiro atoms. The van der Waals surface area contributed by atoms with Gasteiger partial charge in [-0.25, -0.2) is 19.3 Å². The predicted octanol–water partition coefficient (Wildman–Crippen LogP) is 6.64. The molecule has 2 aliphatic heterocycles. The van der Waals surface area contributed by atoms with Crippen molar-refractivity contribution < 1.29 is 23.3 Å². The van der Waals surface area contributed by atoms with Gasteiger partial charge in [-0.15, -0.1) is 6.58 Å². The molecule has 2 aliphatic rings. The highest BCUT2D eigenvalue weighted by Gasteiger charge is 2.56. The zero-order valence-electron chi connectivity index (χ0n) is 26.5. The van der Waals surface area contributed by atoms with Gasteiger partial charge in [0.1, 0.15) is 30.5 Å². The molecule has 9 nitrogen and oxygen atoms in total. The van der Waals surface area contributed by atoms with E-state index < -0.39 is 12.0 Å². The van der Waals surface area contributed by atoms with E-state index in [2.05, 4.69) is 51.9 Å². The Labute approximate surface area is 269 Å². The predicted molar refractivity (Wildman–Crippen MR) is 175 cm³/mol. The zero-order chi connectivity index (χ0) is 32.1. The normalized spacial score (nSPS) is 22.5. The lowest BCUT2D eigenvalue weighted by Crippen LogP contribution is -2.33. The highest BCUT2D eigenvalue weighted by Crippen LogP contribution is 2.44. The summed E-state index contributed by atoms with van der Waals surface area (Å²) in [5.41, 5.74) is 4.38. The number of hydrogen-bond donors (Lipinski definition) is 0. The van der Waals surface area contributed by atoms with Gasteiger partial charge in [-0.05, 0) is 55.5 Å². The second-order valence-electron chi connectivity index (χ2n) is 12.0. The van der Waals surface area contributed by atoms with Crippen LogP contribution in [0.4, 0.5) is 10.2 Å². The first kappa shape index (κ1) is 31.7. The lowest BCUT2D eigenvalue weighted by Gasteiger charge is -2.25. The molecule has 0 unspecified atom stereocenters. The van der Waals surface area contributed by atoms with Crippen LogP contribution >= 0.6 is 0 Å². The van der Waals surface area contributed by atoms with Crippen molar-refractivity contribution >= 4 is 22.6 Å². The summed E-state index contributed by atoms with van der Waals surface area (Å²) in [5.74, 6) is -0.415. The minimum atomic E-state index is -0.772. The summed E-state index contributed by atoms with van der Waals surface area (Å²) >= 11 is 0. The third-order valence-corrected chi connectivity index (χ3v) is 8.03. The summed E-state index contributed by atoms with van der Waals surface area (Å²) in [7, 11) is 1.90. The summed E-state index contributed by atoms with van der Waals surface area (Å²) in [6.45, 7) is 9.00. The molecule has 0 saturated carbocycles. The molecular formula is C36H40FN5O4. The van der Waals surface area contributed by atoms with Crippen LogP contribution in [0.25, 0.3) is 16.7 Å². The maximum Gasteiger partial charge on any atom is 0.167 e. The summed E-state index contributed by atoms with van der Waals surface area (Å²) in [6, 6.07) is 16.8. The minimum Gasteiger partial charge on any atom is -0.378 e. The number of aromatic nitrogens is 4. The van der Waals surface area contributed by atoms with E-state index in [1.165, 1.54) is 24.0 Å². The van der Waals surface area contributed by atoms with E-state index in [-0.39, 0.29) is 24.1 Å². The van der Waals surface area contributed by atoms with E-state index in [9.17, 15) is 4.39 Å². The van der Waals surface area contributed by atoms with Gasteiger partial charge in [0.15, 0.2) is 29.0 Å². The van der Waals surface area contributed by atoms with E-state index in [0.717, 1.165) is 24.0 Å². The Bertz CT molecular complexity index is 1710. The number of imidazole rings is 1. The Hall–Kier alpha value is -4.22. The Morgan fingerprint density at radius 3 is 2.72 bits per heavy atom. The van der Waals surface area contributed by atoms with Crippen LogP contribution in [0, 0.1) is 5.82 Å². The van der Waals surface area contributed by atoms with Crippen LogP contribution < -0.4 is 4.90 Å². The molecule has 0 amide bonds. The molecule has 0 radical (unpaired) electrons. The molecule has 4 heterocycles. The molecule has 2 fully saturated rings. The van der Waals surface area contributed by atoms with Crippen molar-refractivity contribution in [3.63, 3.8) is 0 Å². The molecule has 4 aromatic rings. The van der Waals surface area contributed by atoms with Crippen LogP contribution in [-0.4, -0.2) is 63.9 Å². The number of anilines is 1. The van der Waals surface area contributed by atoms with E-state index >= 15 is 0 Å². The molecule has 2 aromatic carbocycles. The maximum atomic E-state index is 13.8. The average molecular weight is 626 g/mol. The topological polar surface area (TPSA) is 83.8 Å². The van der Waals surface area contributed by atoms with E-state index in [1.54, 1.807) is 12.4 Å². The van der Waals surface area contributed by atoms with Crippen molar-refractivity contribution in [2.75, 3.05) is 25.2 Å². The van der Waals surface area contributed by atoms with Crippen LogP contribution in [0.5, 0.6) is 0 Å². The Balaban J connectivity index is 1.12. The number of halogens is 1. The fourth-order valence-corrected chi connectivity index (χ4v) is 5.99. The first-order valence-electron chi connectivity index (χ1n) is 15.6. The number of benzene rings is 2. The molecule has 0 bridgehead atoms. The zero-order valence-corrected chi connectivity index (χ0v) is 26.5. The summed E-state index contributed by atoms with van der Waals surface area (Å²) in [5, 5.41) is 0. The number of rotatable bonds is 13. The van der Waals surface area contributed by atoms with Gasteiger partial charge in [0.25, 0.3) is 0 Å². The van der Waals surface area contributed by atoms with Crippen LogP contribution in [-0.2, 0) is 25.5 Å². The van der Waals surface area contributed by atoms with Crippen molar-refractivity contribution in [3.05, 3.63) is 115 Å². The van der Waals surface area contributed by atoms with Crippen molar-refractivity contribution in [1.82, 2.24) is 19.5 Å². The molecule has 240 valence electrons. The molecule has 4 atom stereocenters. The van der Waals surface area contributed by atoms with E-state index in [1.807, 2.05) is 60.7 Å². The number of fused-ring (bicyclic) bond motifs is 2. The van der Waals surface area contributed by atoms with Gasteiger partial charge < -0.3 is 23.8 Å². The average Bonchev–Trinajstić information content (AvgIpc) is 3.71. The number of allylic oxidation sites excluding steroid dienone is 4. The van der Waals surface area contributed by atoms with Crippen LogP contribution in [0.15, 0.2) is 98.1 Å². The smallest absolute Gasteiger partial charge is 0.167 e. The monoisotopic (exact) mass is 625 g/mol. The molecule has 2 aromatic heterocycles. The van der Waals surface area contributed by atoms with Gasteiger partial charge in [-0.2, -0.15) is 0 Å². The van der Waals surface area contributed by atoms with Gasteiger partial charge >= 0.3 is 0 Å². The van der Waals surface area contributed by atoms with Crippen molar-refractivity contribution in [1.29, 1.82) is 0 Å². The first-order valence-corrected chi connectivity index (χ1v) is 15.6. The lowest BCUT2D eigenvalue weighted by molar-refractivity contribution is -0.201. The molecule has 10 heteroatoms. The lowest BCUT2D eigenvalue weighted by atomic mass is 10.0. The van der Waals surface area contributed by atoms with Crippen molar-refractivity contribution in [3.8, 4) is 0 Å². The fourth-order valence-electron chi connectivity index (χ4n) is 5.99. The minimum absolute atomic E-state index is 0.277. The number of nitrogens with zero attached hydrogens (tertiary/aromatic N) is 5. The van der Waals surface area contributed by atoms with E-state index in [4.69, 9.17) is 18.9 Å². The fraction of sp³-hybridized carbons (Fsp3) is 0.361. The van der Waals surface area contributed by atoms with Crippen molar-refractivity contribution in [2.24, 2.45) is 0 Å². The standard InChI is InChI=1S/C36H40FN5O4/c1-5-6-14-26(27-15-8-7-9-16-27)17-10-11-19-43-22-29-31-32(46-36(2,3)45-31)35(44-29)42-24-40-30-33(38-23-39-34(30)42)41(4)21-25-13-12-18-28(37)20-25/h5,7-10,12-18,20,23-24,29,31-32,35H,1,6,11,19,21-22H2,2-4H3/b17-10-,26-14+/t29-,31-,32-,35-/m1/s1. The molecule has 46 heavy (non-hydrogen) atoms. The second kappa shape index (κ2) is 14.0. The summed E-state index contributed by atoms with van der Waals surface area (Å²) in [4.78, 5) is 15.6. The quantitative estimate of drug-likeness (QED) is 0.0929. The van der Waals surface area contributed by atoms with Crippen LogP contribution in [0.1, 0.15) is 44.0 Å². The summed E-state index contributed by atoms with van der Waals surface area (Å²) in [6.07, 6.45) is 11.5. The molecule has 0 N–H and O–H groups in total. The van der Waals surface area contributed by atoms with Crippen molar-refractivity contribution in [2.45, 2.75) is 63.6 Å². The number of ether oxygens (including phenoxy) is 4. The van der Waals surface area contributed by atoms with Gasteiger partial charge in [0.2, 0.25) is 0 Å².